The van der Waals surface area contributed by atoms with E-state index in [-0.39, 0.29) is 32.6 Å². The van der Waals surface area contributed by atoms with E-state index in [4.69, 9.17) is 9.47 Å². The van der Waals surface area contributed by atoms with Gasteiger partial charge in [-0.3, -0.25) is 24.0 Å². The summed E-state index contributed by atoms with van der Waals surface area (Å²) in [5, 5.41) is 4.60. The van der Waals surface area contributed by atoms with Gasteiger partial charge in [-0.15, -0.1) is 0 Å². The van der Waals surface area contributed by atoms with E-state index in [1.807, 2.05) is 34.6 Å². The van der Waals surface area contributed by atoms with E-state index in [1.54, 1.807) is 48.5 Å². The molecule has 2 aromatic carbocycles. The van der Waals surface area contributed by atoms with Crippen molar-refractivity contribution >= 4 is 47.5 Å². The first-order chi connectivity index (χ1) is 26.4. The molecule has 2 aromatic rings. The minimum absolute atomic E-state index is 0. The highest BCUT2D eigenvalue weighted by Gasteiger charge is 2.45. The zero-order valence-corrected chi connectivity index (χ0v) is 32.5. The van der Waals surface area contributed by atoms with E-state index in [9.17, 15) is 38.4 Å². The summed E-state index contributed by atoms with van der Waals surface area (Å²) in [4.78, 5) is 102. The number of likely N-dealkylation sites (tertiary alicyclic amines) is 1. The third-order valence-corrected chi connectivity index (χ3v) is 8.85. The van der Waals surface area contributed by atoms with Crippen molar-refractivity contribution in [3.63, 3.8) is 0 Å². The Morgan fingerprint density at radius 2 is 1.20 bits per heavy atom. The van der Waals surface area contributed by atoms with Crippen LogP contribution in [0.5, 0.6) is 0 Å². The molecule has 2 atom stereocenters. The van der Waals surface area contributed by atoms with Crippen LogP contribution < -0.4 is 10.6 Å². The Morgan fingerprint density at radius 1 is 0.732 bits per heavy atom. The molecule has 1 saturated heterocycles. The molecule has 0 radical (unpaired) electrons. The first kappa shape index (κ1) is 48.2. The predicted octanol–water partition coefficient (Wildman–Crippen LogP) is 4.58. The van der Waals surface area contributed by atoms with Gasteiger partial charge in [0.2, 0.25) is 11.8 Å². The van der Waals surface area contributed by atoms with Crippen molar-refractivity contribution in [2.45, 2.75) is 85.9 Å². The number of carbonyl (C=O) groups excluding carboxylic acids is 8. The Labute approximate surface area is 328 Å². The van der Waals surface area contributed by atoms with Crippen LogP contribution in [-0.2, 0) is 38.1 Å². The van der Waals surface area contributed by atoms with E-state index >= 15 is 0 Å². The lowest BCUT2D eigenvalue weighted by molar-refractivity contribution is -0.166. The number of ether oxygens (including phenoxy) is 4. The number of alkyl carbamates (subject to hydrolysis) is 2. The smallest absolute Gasteiger partial charge is 0.407 e. The minimum Gasteiger partial charge on any atom is -0.456 e. The van der Waals surface area contributed by atoms with Gasteiger partial charge in [0.25, 0.3) is 0 Å². The number of benzene rings is 2. The molecule has 16 heteroatoms. The van der Waals surface area contributed by atoms with Gasteiger partial charge in [0.15, 0.2) is 24.8 Å². The van der Waals surface area contributed by atoms with E-state index in [1.165, 1.54) is 24.0 Å². The predicted molar refractivity (Wildman–Crippen MR) is 207 cm³/mol. The number of esters is 2. The van der Waals surface area contributed by atoms with Crippen molar-refractivity contribution in [3.8, 4) is 11.1 Å². The first-order valence-electron chi connectivity index (χ1n) is 18.2. The quantitative estimate of drug-likeness (QED) is 0.121. The maximum absolute atomic E-state index is 12.8. The number of methoxy groups -OCH3 is 2. The molecule has 1 heterocycles. The summed E-state index contributed by atoms with van der Waals surface area (Å²) in [6, 6.07) is 11.8. The van der Waals surface area contributed by atoms with Crippen LogP contribution in [0.15, 0.2) is 48.5 Å². The second-order valence-electron chi connectivity index (χ2n) is 12.1. The molecule has 0 aliphatic carbocycles. The molecule has 2 N–H and O–H groups in total. The van der Waals surface area contributed by atoms with E-state index in [2.05, 4.69) is 20.1 Å². The highest BCUT2D eigenvalue weighted by molar-refractivity contribution is 6.00. The highest BCUT2D eigenvalue weighted by Crippen LogP contribution is 2.29. The van der Waals surface area contributed by atoms with Crippen LogP contribution in [0.2, 0.25) is 0 Å². The Bertz CT molecular complexity index is 1640. The Kier molecular flexibility index (Phi) is 21.2. The molecule has 1 fully saturated rings. The molecule has 0 saturated carbocycles. The normalized spacial score (nSPS) is 14.0. The molecule has 4 amide bonds. The van der Waals surface area contributed by atoms with Gasteiger partial charge < -0.3 is 39.4 Å². The maximum atomic E-state index is 12.8. The zero-order chi connectivity index (χ0) is 41.1. The van der Waals surface area contributed by atoms with Gasteiger partial charge in [-0.05, 0) is 36.8 Å². The molecule has 16 nitrogen and oxygen atoms in total. The fraction of sp³-hybridized carbons (Fsp3) is 0.500. The molecule has 0 aromatic heterocycles. The van der Waals surface area contributed by atoms with Crippen LogP contribution in [0.25, 0.3) is 11.1 Å². The molecular formula is C40H56N4O12. The van der Waals surface area contributed by atoms with Crippen molar-refractivity contribution in [3.05, 3.63) is 59.7 Å². The summed E-state index contributed by atoms with van der Waals surface area (Å²) < 4.78 is 19.4. The third-order valence-electron chi connectivity index (χ3n) is 8.85. The maximum Gasteiger partial charge on any atom is 0.407 e. The van der Waals surface area contributed by atoms with Gasteiger partial charge in [-0.2, -0.15) is 0 Å². The fourth-order valence-electron chi connectivity index (χ4n) is 5.76. The molecular weight excluding hydrogens is 728 g/mol. The number of ketones is 2. The first-order valence-corrected chi connectivity index (χ1v) is 18.2. The van der Waals surface area contributed by atoms with Gasteiger partial charge >= 0.3 is 24.1 Å². The molecule has 3 rings (SSSR count). The van der Waals surface area contributed by atoms with Gasteiger partial charge in [-0.1, -0.05) is 90.6 Å². The summed E-state index contributed by atoms with van der Waals surface area (Å²) in [5.74, 6) is -3.33. The lowest BCUT2D eigenvalue weighted by Gasteiger charge is -2.46. The monoisotopic (exact) mass is 784 g/mol. The van der Waals surface area contributed by atoms with Crippen LogP contribution in [0.3, 0.4) is 0 Å². The van der Waals surface area contributed by atoms with Crippen LogP contribution in [0.4, 0.5) is 9.59 Å². The summed E-state index contributed by atoms with van der Waals surface area (Å²) >= 11 is 0. The number of Topliss-reactive ketones (excluding diaryl/α,β-unsaturated/α-hetero) is 2. The Balaban J connectivity index is 0.00000514. The van der Waals surface area contributed by atoms with Crippen molar-refractivity contribution in [2.75, 3.05) is 47.1 Å². The van der Waals surface area contributed by atoms with E-state index in [0.29, 0.717) is 36.8 Å². The molecule has 0 bridgehead atoms. The summed E-state index contributed by atoms with van der Waals surface area (Å²) in [5.41, 5.74) is 2.08. The summed E-state index contributed by atoms with van der Waals surface area (Å²) in [7, 11) is 2.34. The number of amides is 4. The van der Waals surface area contributed by atoms with Crippen LogP contribution in [0, 0.1) is 0 Å². The topological polar surface area (TPSA) is 204 Å². The fourth-order valence-corrected chi connectivity index (χ4v) is 5.76. The molecule has 56 heavy (non-hydrogen) atoms. The zero-order valence-electron chi connectivity index (χ0n) is 32.5. The lowest BCUT2D eigenvalue weighted by atomic mass is 9.90. The van der Waals surface area contributed by atoms with Crippen molar-refractivity contribution < 1.29 is 57.3 Å². The number of hydrogen-bond donors (Lipinski definition) is 2. The van der Waals surface area contributed by atoms with Gasteiger partial charge in [0.05, 0.1) is 14.2 Å². The number of carbonyl (C=O) groups is 8. The Morgan fingerprint density at radius 3 is 1.64 bits per heavy atom. The molecule has 308 valence electrons. The van der Waals surface area contributed by atoms with Gasteiger partial charge in [-0.25, -0.2) is 14.4 Å². The average Bonchev–Trinajstić information content (AvgIpc) is 3.20. The molecule has 0 spiro atoms. The van der Waals surface area contributed by atoms with E-state index in [0.717, 1.165) is 11.1 Å². The van der Waals surface area contributed by atoms with Crippen LogP contribution in [0.1, 0.15) is 88.4 Å². The average molecular weight is 785 g/mol. The van der Waals surface area contributed by atoms with Gasteiger partial charge in [0, 0.05) is 23.2 Å². The summed E-state index contributed by atoms with van der Waals surface area (Å²) in [6.07, 6.45) is 0.576. The standard InChI is InChI=1S/C37H46N4O12.C2H6.CH4/c1-6-27(7-2)40(32(44)18-38-36(48)50-4)20-34(46)52-21-30(42)25-13-9-23(10-14-25)24-11-15-26(16-12-24)31(43)22-53-35(47)29-17-28(8-3)41(29)33(45)19-39-37(49)51-5;1-2;/h9-16,27-29H,6-8,17-22H2,1-5H3,(H,38,48)(H,39,49);1-2H3;1H4/t28-,29?;;/m0../s1. The molecule has 1 unspecified atom stereocenters. The van der Waals surface area contributed by atoms with Crippen molar-refractivity contribution in [1.29, 1.82) is 0 Å². The largest absolute Gasteiger partial charge is 0.456 e. The SMILES string of the molecule is C.CC.CCC(CC)N(CC(=O)OCC(=O)c1ccc(-c2ccc(C(=O)COC(=O)C3C[C@H](CC)N3C(=O)CNC(=O)OC)cc2)cc1)C(=O)CNC(=O)OC. The molecule has 1 aliphatic rings. The van der Waals surface area contributed by atoms with Crippen molar-refractivity contribution in [2.24, 2.45) is 0 Å². The van der Waals surface area contributed by atoms with Crippen LogP contribution in [-0.4, -0.2) is 122 Å². The second kappa shape index (κ2) is 24.6. The summed E-state index contributed by atoms with van der Waals surface area (Å²) in [6.45, 7) is 7.45. The number of nitrogens with zero attached hydrogens (tertiary/aromatic N) is 2. The molecule has 1 aliphatic heterocycles. The van der Waals surface area contributed by atoms with Gasteiger partial charge in [0.1, 0.15) is 25.7 Å². The number of nitrogens with one attached hydrogen (secondary N) is 2. The number of hydrogen-bond acceptors (Lipinski definition) is 12. The van der Waals surface area contributed by atoms with Crippen molar-refractivity contribution in [1.82, 2.24) is 20.4 Å². The minimum atomic E-state index is -0.854. The van der Waals surface area contributed by atoms with Crippen LogP contribution >= 0.6 is 0 Å². The second-order valence-corrected chi connectivity index (χ2v) is 12.1. The lowest BCUT2D eigenvalue weighted by Crippen LogP contribution is -2.63. The number of rotatable bonds is 18. The van der Waals surface area contributed by atoms with E-state index < -0.39 is 73.3 Å². The highest BCUT2D eigenvalue weighted by atomic mass is 16.5. The third kappa shape index (κ3) is 13.8. The Hall–Kier alpha value is -5.80.